The number of hydrogen-bond donors (Lipinski definition) is 1. The van der Waals surface area contributed by atoms with E-state index in [0.717, 1.165) is 31.6 Å². The molecule has 0 spiro atoms. The second-order valence-corrected chi connectivity index (χ2v) is 4.39. The predicted molar refractivity (Wildman–Crippen MR) is 52.8 cm³/mol. The molecular weight excluding hydrogens is 184 g/mol. The van der Waals surface area contributed by atoms with Crippen LogP contribution in [0.4, 0.5) is 0 Å². The van der Waals surface area contributed by atoms with Gasteiger partial charge in [0.1, 0.15) is 0 Å². The molecule has 1 fully saturated rings. The van der Waals surface area contributed by atoms with E-state index in [0.29, 0.717) is 6.61 Å². The average Bonchev–Trinajstić information content (AvgIpc) is 2.57. The topological polar surface area (TPSA) is 48.1 Å². The van der Waals surface area contributed by atoms with E-state index in [4.69, 9.17) is 10.5 Å². The highest BCUT2D eigenvalue weighted by Gasteiger charge is 2.28. The van der Waals surface area contributed by atoms with Crippen LogP contribution in [-0.2, 0) is 11.2 Å². The Morgan fingerprint density at radius 2 is 2.62 bits per heavy atom. The maximum atomic E-state index is 6.19. The Labute approximate surface area is 81.9 Å². The van der Waals surface area contributed by atoms with Gasteiger partial charge in [-0.05, 0) is 12.8 Å². The van der Waals surface area contributed by atoms with Crippen molar-refractivity contribution in [1.82, 2.24) is 4.98 Å². The first-order valence-corrected chi connectivity index (χ1v) is 5.46. The minimum absolute atomic E-state index is 0.174. The zero-order valence-corrected chi connectivity index (χ0v) is 8.35. The number of nitrogens with two attached hydrogens (primary N) is 1. The molecule has 1 aliphatic heterocycles. The SMILES string of the molecule is NC1(Cc2cscn2)CCCOC1. The van der Waals surface area contributed by atoms with Gasteiger partial charge in [0.05, 0.1) is 17.8 Å². The van der Waals surface area contributed by atoms with Gasteiger partial charge in [0, 0.05) is 23.9 Å². The van der Waals surface area contributed by atoms with Gasteiger partial charge < -0.3 is 10.5 Å². The largest absolute Gasteiger partial charge is 0.380 e. The number of aromatic nitrogens is 1. The second kappa shape index (κ2) is 3.74. The van der Waals surface area contributed by atoms with Crippen molar-refractivity contribution in [1.29, 1.82) is 0 Å². The summed E-state index contributed by atoms with van der Waals surface area (Å²) in [6.45, 7) is 1.53. The average molecular weight is 198 g/mol. The first-order valence-electron chi connectivity index (χ1n) is 4.52. The maximum Gasteiger partial charge on any atom is 0.0794 e. The fourth-order valence-corrected chi connectivity index (χ4v) is 2.26. The normalized spacial score (nSPS) is 29.0. The molecule has 2 rings (SSSR count). The molecule has 13 heavy (non-hydrogen) atoms. The highest BCUT2D eigenvalue weighted by molar-refractivity contribution is 7.07. The van der Waals surface area contributed by atoms with Crippen molar-refractivity contribution in [2.24, 2.45) is 5.73 Å². The summed E-state index contributed by atoms with van der Waals surface area (Å²) in [5.41, 5.74) is 8.96. The number of hydrogen-bond acceptors (Lipinski definition) is 4. The fourth-order valence-electron chi connectivity index (χ4n) is 1.70. The molecule has 2 N–H and O–H groups in total. The number of nitrogens with zero attached hydrogens (tertiary/aromatic N) is 1. The fraction of sp³-hybridized carbons (Fsp3) is 0.667. The van der Waals surface area contributed by atoms with Crippen LogP contribution in [0.3, 0.4) is 0 Å². The Hall–Kier alpha value is -0.450. The third-order valence-corrected chi connectivity index (χ3v) is 3.00. The van der Waals surface area contributed by atoms with E-state index in [9.17, 15) is 0 Å². The second-order valence-electron chi connectivity index (χ2n) is 3.68. The Morgan fingerprint density at radius 3 is 3.23 bits per heavy atom. The highest BCUT2D eigenvalue weighted by atomic mass is 32.1. The lowest BCUT2D eigenvalue weighted by molar-refractivity contribution is 0.0379. The van der Waals surface area contributed by atoms with Crippen LogP contribution in [0.2, 0.25) is 0 Å². The minimum atomic E-state index is -0.174. The number of thiazole rings is 1. The van der Waals surface area contributed by atoms with Crippen LogP contribution in [-0.4, -0.2) is 23.7 Å². The van der Waals surface area contributed by atoms with E-state index in [1.165, 1.54) is 0 Å². The Kier molecular flexibility index (Phi) is 2.62. The van der Waals surface area contributed by atoms with Crippen LogP contribution in [0.5, 0.6) is 0 Å². The first kappa shape index (κ1) is 9.12. The van der Waals surface area contributed by atoms with Crippen molar-refractivity contribution in [2.45, 2.75) is 24.8 Å². The molecule has 1 aromatic heterocycles. The van der Waals surface area contributed by atoms with Crippen LogP contribution < -0.4 is 5.73 Å². The van der Waals surface area contributed by atoms with Gasteiger partial charge >= 0.3 is 0 Å². The van der Waals surface area contributed by atoms with E-state index in [1.54, 1.807) is 11.3 Å². The van der Waals surface area contributed by atoms with Crippen LogP contribution in [0.1, 0.15) is 18.5 Å². The zero-order valence-electron chi connectivity index (χ0n) is 7.53. The summed E-state index contributed by atoms with van der Waals surface area (Å²) in [7, 11) is 0. The molecule has 2 heterocycles. The Balaban J connectivity index is 1.99. The van der Waals surface area contributed by atoms with Crippen molar-refractivity contribution in [3.8, 4) is 0 Å². The van der Waals surface area contributed by atoms with Gasteiger partial charge in [-0.2, -0.15) is 0 Å². The van der Waals surface area contributed by atoms with Crippen molar-refractivity contribution < 1.29 is 4.74 Å². The van der Waals surface area contributed by atoms with Crippen molar-refractivity contribution in [3.05, 3.63) is 16.6 Å². The van der Waals surface area contributed by atoms with Gasteiger partial charge in [0.15, 0.2) is 0 Å². The highest BCUT2D eigenvalue weighted by Crippen LogP contribution is 2.20. The van der Waals surface area contributed by atoms with Crippen molar-refractivity contribution >= 4 is 11.3 Å². The third kappa shape index (κ3) is 2.27. The molecule has 1 aromatic rings. The molecule has 0 amide bonds. The monoisotopic (exact) mass is 198 g/mol. The van der Waals surface area contributed by atoms with Crippen LogP contribution in [0.15, 0.2) is 10.9 Å². The van der Waals surface area contributed by atoms with Crippen molar-refractivity contribution in [3.63, 3.8) is 0 Å². The summed E-state index contributed by atoms with van der Waals surface area (Å²) >= 11 is 1.62. The standard InChI is InChI=1S/C9H14N2OS/c10-9(2-1-3-12-6-9)4-8-5-13-7-11-8/h5,7H,1-4,6,10H2. The zero-order chi connectivity index (χ0) is 9.15. The smallest absolute Gasteiger partial charge is 0.0794 e. The molecule has 0 bridgehead atoms. The first-order chi connectivity index (χ1) is 6.29. The lowest BCUT2D eigenvalue weighted by atomic mass is 9.89. The lowest BCUT2D eigenvalue weighted by Gasteiger charge is -2.32. The molecule has 1 aliphatic rings. The molecule has 0 aliphatic carbocycles. The van der Waals surface area contributed by atoms with E-state index in [2.05, 4.69) is 10.4 Å². The van der Waals surface area contributed by atoms with Gasteiger partial charge in [0.25, 0.3) is 0 Å². The quantitative estimate of drug-likeness (QED) is 0.776. The van der Waals surface area contributed by atoms with Gasteiger partial charge in [-0.25, -0.2) is 4.98 Å². The lowest BCUT2D eigenvalue weighted by Crippen LogP contribution is -2.49. The summed E-state index contributed by atoms with van der Waals surface area (Å²) in [4.78, 5) is 4.24. The van der Waals surface area contributed by atoms with E-state index in [1.807, 2.05) is 5.51 Å². The van der Waals surface area contributed by atoms with E-state index in [-0.39, 0.29) is 5.54 Å². The van der Waals surface area contributed by atoms with Gasteiger partial charge in [-0.15, -0.1) is 11.3 Å². The van der Waals surface area contributed by atoms with Gasteiger partial charge in [-0.3, -0.25) is 0 Å². The minimum Gasteiger partial charge on any atom is -0.380 e. The molecule has 1 saturated heterocycles. The van der Waals surface area contributed by atoms with Crippen molar-refractivity contribution in [2.75, 3.05) is 13.2 Å². The van der Waals surface area contributed by atoms with E-state index < -0.39 is 0 Å². The maximum absolute atomic E-state index is 6.19. The molecule has 72 valence electrons. The summed E-state index contributed by atoms with van der Waals surface area (Å²) < 4.78 is 5.38. The molecular formula is C9H14N2OS. The van der Waals surface area contributed by atoms with Gasteiger partial charge in [0.2, 0.25) is 0 Å². The predicted octanol–water partition coefficient (Wildman–Crippen LogP) is 1.19. The summed E-state index contributed by atoms with van der Waals surface area (Å²) in [6, 6.07) is 0. The number of ether oxygens (including phenoxy) is 1. The van der Waals surface area contributed by atoms with Crippen LogP contribution >= 0.6 is 11.3 Å². The molecule has 1 unspecified atom stereocenters. The van der Waals surface area contributed by atoms with Crippen LogP contribution in [0, 0.1) is 0 Å². The molecule has 3 nitrogen and oxygen atoms in total. The third-order valence-electron chi connectivity index (χ3n) is 2.37. The molecule has 0 radical (unpaired) electrons. The van der Waals surface area contributed by atoms with Crippen LogP contribution in [0.25, 0.3) is 0 Å². The molecule has 0 aromatic carbocycles. The molecule has 1 atom stereocenters. The van der Waals surface area contributed by atoms with Gasteiger partial charge in [-0.1, -0.05) is 0 Å². The Morgan fingerprint density at radius 1 is 1.69 bits per heavy atom. The summed E-state index contributed by atoms with van der Waals surface area (Å²) in [6.07, 6.45) is 2.96. The molecule has 4 heteroatoms. The number of rotatable bonds is 2. The molecule has 0 saturated carbocycles. The summed E-state index contributed by atoms with van der Waals surface area (Å²) in [5.74, 6) is 0. The summed E-state index contributed by atoms with van der Waals surface area (Å²) in [5, 5.41) is 2.06. The Bertz CT molecular complexity index is 255. The van der Waals surface area contributed by atoms with E-state index >= 15 is 0 Å².